The van der Waals surface area contributed by atoms with Crippen molar-refractivity contribution in [2.24, 2.45) is 39.4 Å². The van der Waals surface area contributed by atoms with Gasteiger partial charge in [-0.3, -0.25) is 4.79 Å². The number of thiophene rings is 2. The average Bonchev–Trinajstić information content (AvgIpc) is 3.85. The van der Waals surface area contributed by atoms with E-state index in [2.05, 4.69) is 32.1 Å². The number of sulfonamides is 1. The average molecular weight is 710 g/mol. The Balaban J connectivity index is 1.19. The molecule has 8 atom stereocenters. The molecule has 9 rings (SSSR count). The first kappa shape index (κ1) is 33.5. The lowest BCUT2D eigenvalue weighted by Crippen LogP contribution is -2.67. The largest absolute Gasteiger partial charge is 0.393 e. The topological polar surface area (TPSA) is 94.9 Å². The van der Waals surface area contributed by atoms with Gasteiger partial charge in [-0.25, -0.2) is 8.42 Å². The maximum atomic E-state index is 14.8. The van der Waals surface area contributed by atoms with Gasteiger partial charge < -0.3 is 10.2 Å². The molecular weight excluding hydrogens is 659 g/mol. The molecule has 7 aliphatic carbocycles. The van der Waals surface area contributed by atoms with Crippen molar-refractivity contribution in [3.8, 4) is 0 Å². The number of Topliss-reactive ketones (excluding diaryl/α,β-unsaturated/α-hetero) is 1. The molecule has 8 unspecified atom stereocenters. The third-order valence-corrected chi connectivity index (χ3v) is 18.8. The molecule has 2 spiro atoms. The van der Waals surface area contributed by atoms with Gasteiger partial charge in [0, 0.05) is 45.7 Å². The van der Waals surface area contributed by atoms with Crippen LogP contribution in [0.15, 0.2) is 63.0 Å². The molecule has 0 radical (unpaired) electrons. The fourth-order valence-corrected chi connectivity index (χ4v) is 15.3. The van der Waals surface area contributed by atoms with E-state index >= 15 is 0 Å². The number of carbonyl (C=O) groups is 1. The second kappa shape index (κ2) is 11.7. The van der Waals surface area contributed by atoms with Gasteiger partial charge in [0.05, 0.1) is 11.7 Å². The number of aliphatic hydroxyl groups is 2. The van der Waals surface area contributed by atoms with E-state index in [1.54, 1.807) is 33.2 Å². The van der Waals surface area contributed by atoms with E-state index < -0.39 is 26.5 Å². The highest BCUT2D eigenvalue weighted by Gasteiger charge is 2.74. The predicted molar refractivity (Wildman–Crippen MR) is 191 cm³/mol. The Morgan fingerprint density at radius 3 is 2.35 bits per heavy atom. The van der Waals surface area contributed by atoms with E-state index in [1.807, 2.05) is 17.5 Å². The number of fused-ring (bicyclic) bond motifs is 1. The Hall–Kier alpha value is -1.62. The maximum absolute atomic E-state index is 14.8. The van der Waals surface area contributed by atoms with Crippen LogP contribution in [0.1, 0.15) is 95.8 Å². The summed E-state index contributed by atoms with van der Waals surface area (Å²) in [6.45, 7) is 5.00. The summed E-state index contributed by atoms with van der Waals surface area (Å²) in [5.41, 5.74) is -1.73. The van der Waals surface area contributed by atoms with Crippen LogP contribution in [0.5, 0.6) is 0 Å². The van der Waals surface area contributed by atoms with Gasteiger partial charge in [0.15, 0.2) is 5.78 Å². The highest BCUT2D eigenvalue weighted by Crippen LogP contribution is 2.78. The van der Waals surface area contributed by atoms with Gasteiger partial charge in [0.25, 0.3) is 10.0 Å². The summed E-state index contributed by atoms with van der Waals surface area (Å²) < 4.78 is 30.2. The van der Waals surface area contributed by atoms with Crippen LogP contribution in [0.25, 0.3) is 0 Å². The molecule has 48 heavy (non-hydrogen) atoms. The molecular formula is C39H51NO5S3. The number of hydrogen-bond acceptors (Lipinski definition) is 7. The molecule has 2 heterocycles. The van der Waals surface area contributed by atoms with Crippen LogP contribution >= 0.6 is 22.7 Å². The van der Waals surface area contributed by atoms with Crippen molar-refractivity contribution in [1.29, 1.82) is 0 Å². The summed E-state index contributed by atoms with van der Waals surface area (Å²) in [7, 11) is -3.81. The zero-order valence-corrected chi connectivity index (χ0v) is 30.9. The molecule has 0 aliphatic heterocycles. The first-order valence-electron chi connectivity index (χ1n) is 18.3. The van der Waals surface area contributed by atoms with Crippen LogP contribution in [0.3, 0.4) is 0 Å². The van der Waals surface area contributed by atoms with Crippen LogP contribution in [-0.4, -0.2) is 53.5 Å². The van der Waals surface area contributed by atoms with Crippen molar-refractivity contribution in [3.63, 3.8) is 0 Å². The zero-order valence-electron chi connectivity index (χ0n) is 28.4. The molecule has 6 nitrogen and oxygen atoms in total. The van der Waals surface area contributed by atoms with Crippen molar-refractivity contribution < 1.29 is 23.4 Å². The first-order chi connectivity index (χ1) is 22.9. The molecule has 4 saturated carbocycles. The Labute approximate surface area is 294 Å². The fourth-order valence-electron chi connectivity index (χ4n) is 12.0. The van der Waals surface area contributed by atoms with Crippen molar-refractivity contribution >= 4 is 38.5 Å². The molecule has 0 aromatic carbocycles. The van der Waals surface area contributed by atoms with Crippen molar-refractivity contribution in [2.75, 3.05) is 13.1 Å². The summed E-state index contributed by atoms with van der Waals surface area (Å²) in [5, 5.41) is 27.8. The maximum Gasteiger partial charge on any atom is 0.252 e. The molecule has 0 amide bonds. The quantitative estimate of drug-likeness (QED) is 0.260. The standard InChI is InChI=1S/C39H51NO5S3/c1-35-16-12-28(41)24-37(35)19-20-39(30(25-37)34(42)27-8-4-3-5-9-27)31(35)13-17-36(2)32(39)14-18-38(36,43)26-40(21-15-29-10-6-22-46-29)48(44,45)33-11-7-23-47-33/h6-7,10-11,19-20,22-23,25,27-28,31-32,41,43H,3-5,8-9,12-18,21,24,26H2,1-2H3. The number of nitrogens with zero attached hydrogens (tertiary/aromatic N) is 1. The van der Waals surface area contributed by atoms with Crippen molar-refractivity contribution in [1.82, 2.24) is 4.31 Å². The van der Waals surface area contributed by atoms with Crippen LogP contribution in [0.4, 0.5) is 0 Å². The van der Waals surface area contributed by atoms with E-state index in [-0.39, 0.29) is 41.2 Å². The van der Waals surface area contributed by atoms with Crippen molar-refractivity contribution in [3.05, 3.63) is 63.7 Å². The molecule has 4 fully saturated rings. The Kier molecular flexibility index (Phi) is 8.17. The van der Waals surface area contributed by atoms with E-state index in [4.69, 9.17) is 0 Å². The van der Waals surface area contributed by atoms with E-state index in [9.17, 15) is 23.4 Å². The fraction of sp³-hybridized carbons (Fsp3) is 0.667. The minimum absolute atomic E-state index is 0.0225. The number of aliphatic hydroxyl groups excluding tert-OH is 1. The monoisotopic (exact) mass is 709 g/mol. The molecule has 7 aliphatic rings. The lowest BCUT2D eigenvalue weighted by atomic mass is 9.32. The van der Waals surface area contributed by atoms with Crippen LogP contribution in [-0.2, 0) is 21.2 Å². The molecule has 260 valence electrons. The second-order valence-electron chi connectivity index (χ2n) is 16.6. The van der Waals surface area contributed by atoms with Gasteiger partial charge in [-0.05, 0) is 104 Å². The third kappa shape index (κ3) is 4.69. The third-order valence-electron chi connectivity index (χ3n) is 14.7. The molecule has 2 aromatic heterocycles. The van der Waals surface area contributed by atoms with Crippen molar-refractivity contribution in [2.45, 2.75) is 113 Å². The lowest BCUT2D eigenvalue weighted by molar-refractivity contribution is -0.177. The number of carbonyl (C=O) groups excluding carboxylic acids is 1. The van der Waals surface area contributed by atoms with Gasteiger partial charge in [0.1, 0.15) is 4.21 Å². The van der Waals surface area contributed by atoms with Gasteiger partial charge in [-0.15, -0.1) is 22.7 Å². The van der Waals surface area contributed by atoms with Gasteiger partial charge in [-0.2, -0.15) is 4.31 Å². The van der Waals surface area contributed by atoms with Gasteiger partial charge >= 0.3 is 0 Å². The summed E-state index contributed by atoms with van der Waals surface area (Å²) in [4.78, 5) is 16.0. The molecule has 2 bridgehead atoms. The molecule has 9 heteroatoms. The molecule has 2 N–H and O–H groups in total. The van der Waals surface area contributed by atoms with Crippen LogP contribution in [0, 0.1) is 39.4 Å². The van der Waals surface area contributed by atoms with Gasteiger partial charge in [0.2, 0.25) is 0 Å². The van der Waals surface area contributed by atoms with Crippen LogP contribution in [0.2, 0.25) is 0 Å². The normalized spacial score (nSPS) is 40.8. The Morgan fingerprint density at radius 2 is 1.62 bits per heavy atom. The summed E-state index contributed by atoms with van der Waals surface area (Å²) in [6.07, 6.45) is 17.9. The zero-order chi connectivity index (χ0) is 33.6. The second-order valence-corrected chi connectivity index (χ2v) is 20.8. The minimum atomic E-state index is -3.81. The smallest absolute Gasteiger partial charge is 0.252 e. The Morgan fingerprint density at radius 1 is 0.917 bits per heavy atom. The number of hydrogen-bond donors (Lipinski definition) is 2. The molecule has 2 aromatic rings. The minimum Gasteiger partial charge on any atom is -0.393 e. The number of allylic oxidation sites excluding steroid dienone is 4. The number of ketones is 1. The van der Waals surface area contributed by atoms with E-state index in [0.29, 0.717) is 35.8 Å². The highest BCUT2D eigenvalue weighted by atomic mass is 32.2. The first-order valence-corrected chi connectivity index (χ1v) is 21.5. The lowest BCUT2D eigenvalue weighted by Gasteiger charge is -2.71. The summed E-state index contributed by atoms with van der Waals surface area (Å²) in [5.74, 6) is 0.624. The van der Waals surface area contributed by atoms with E-state index in [0.717, 1.165) is 68.2 Å². The summed E-state index contributed by atoms with van der Waals surface area (Å²) in [6, 6.07) is 7.49. The summed E-state index contributed by atoms with van der Waals surface area (Å²) >= 11 is 2.86. The highest BCUT2D eigenvalue weighted by molar-refractivity contribution is 7.91. The molecule has 0 saturated heterocycles. The van der Waals surface area contributed by atoms with E-state index in [1.165, 1.54) is 17.8 Å². The van der Waals surface area contributed by atoms with Gasteiger partial charge in [-0.1, -0.05) is 63.5 Å². The SMILES string of the molecule is CC12CCC(O)CC13C=CC1(C(C(=O)C4CCCCC4)=C3)C2CCC2(C)C1CCC2(O)CN(CCc1cccs1)S(=O)(=O)c1cccs1. The van der Waals surface area contributed by atoms with Crippen LogP contribution < -0.4 is 0 Å². The predicted octanol–water partition coefficient (Wildman–Crippen LogP) is 7.78. The number of rotatable bonds is 9. The Bertz CT molecular complexity index is 1710.